The van der Waals surface area contributed by atoms with Gasteiger partial charge in [0.1, 0.15) is 0 Å². The van der Waals surface area contributed by atoms with Crippen molar-refractivity contribution in [2.75, 3.05) is 11.1 Å². The van der Waals surface area contributed by atoms with Gasteiger partial charge in [0.05, 0.1) is 22.4 Å². The highest BCUT2D eigenvalue weighted by Gasteiger charge is 2.29. The van der Waals surface area contributed by atoms with Crippen LogP contribution < -0.4 is 5.32 Å². The molecule has 0 fully saturated rings. The van der Waals surface area contributed by atoms with E-state index in [1.807, 2.05) is 25.1 Å². The minimum Gasteiger partial charge on any atom is -0.377 e. The molecule has 1 atom stereocenters. The van der Waals surface area contributed by atoms with Crippen molar-refractivity contribution in [1.29, 1.82) is 0 Å². The van der Waals surface area contributed by atoms with Crippen molar-refractivity contribution in [3.05, 3.63) is 53.9 Å². The van der Waals surface area contributed by atoms with E-state index in [0.717, 1.165) is 16.8 Å². The smallest absolute Gasteiger partial charge is 0.178 e. The number of sulfone groups is 1. The van der Waals surface area contributed by atoms with Gasteiger partial charge in [-0.25, -0.2) is 8.42 Å². The van der Waals surface area contributed by atoms with Crippen LogP contribution in [-0.4, -0.2) is 19.2 Å². The largest absolute Gasteiger partial charge is 0.377 e. The van der Waals surface area contributed by atoms with Crippen LogP contribution in [0.3, 0.4) is 0 Å². The third kappa shape index (κ3) is 2.41. The zero-order chi connectivity index (χ0) is 14.2. The number of benzene rings is 1. The Morgan fingerprint density at radius 2 is 2.05 bits per heavy atom. The summed E-state index contributed by atoms with van der Waals surface area (Å²) in [6.45, 7) is 1.98. The number of rotatable bonds is 2. The van der Waals surface area contributed by atoms with Gasteiger partial charge in [-0.2, -0.15) is 0 Å². The number of pyridine rings is 1. The number of aryl methyl sites for hydroxylation is 1. The zero-order valence-corrected chi connectivity index (χ0v) is 12.0. The fourth-order valence-corrected chi connectivity index (χ4v) is 4.20. The van der Waals surface area contributed by atoms with E-state index in [2.05, 4.69) is 10.3 Å². The predicted octanol–water partition coefficient (Wildman–Crippen LogP) is 2.72. The third-order valence-corrected chi connectivity index (χ3v) is 5.34. The van der Waals surface area contributed by atoms with E-state index in [0.29, 0.717) is 11.3 Å². The summed E-state index contributed by atoms with van der Waals surface area (Å²) in [6.07, 6.45) is 4.14. The Morgan fingerprint density at radius 1 is 1.25 bits per heavy atom. The normalized spacial score (nSPS) is 20.1. The lowest BCUT2D eigenvalue weighted by atomic mass is 10.0. The van der Waals surface area contributed by atoms with Crippen molar-refractivity contribution in [3.8, 4) is 0 Å². The van der Waals surface area contributed by atoms with Crippen LogP contribution in [-0.2, 0) is 9.84 Å². The second kappa shape index (κ2) is 4.90. The summed E-state index contributed by atoms with van der Waals surface area (Å²) in [5.41, 5.74) is 2.84. The molecule has 2 aromatic rings. The molecular formula is C15H16N2O2S. The molecule has 0 saturated heterocycles. The van der Waals surface area contributed by atoms with E-state index in [4.69, 9.17) is 0 Å². The molecule has 0 saturated carbocycles. The van der Waals surface area contributed by atoms with Gasteiger partial charge in [-0.05, 0) is 36.6 Å². The van der Waals surface area contributed by atoms with E-state index in [1.54, 1.807) is 24.5 Å². The van der Waals surface area contributed by atoms with Crippen LogP contribution >= 0.6 is 0 Å². The second-order valence-electron chi connectivity index (χ2n) is 5.09. The molecular weight excluding hydrogens is 272 g/mol. The highest BCUT2D eigenvalue weighted by atomic mass is 32.2. The van der Waals surface area contributed by atoms with Crippen LogP contribution in [0.5, 0.6) is 0 Å². The maximum Gasteiger partial charge on any atom is 0.178 e. The van der Waals surface area contributed by atoms with Crippen LogP contribution in [0, 0.1) is 6.92 Å². The van der Waals surface area contributed by atoms with E-state index < -0.39 is 9.84 Å². The topological polar surface area (TPSA) is 59.1 Å². The summed E-state index contributed by atoms with van der Waals surface area (Å²) in [5, 5.41) is 3.39. The third-order valence-electron chi connectivity index (χ3n) is 3.52. The lowest BCUT2D eigenvalue weighted by Crippen LogP contribution is -2.24. The van der Waals surface area contributed by atoms with Gasteiger partial charge in [0, 0.05) is 12.4 Å². The first-order chi connectivity index (χ1) is 9.56. The molecule has 104 valence electrons. The maximum atomic E-state index is 12.1. The standard InChI is InChI=1S/C15H16N2O2S/c1-11-8-12(10-16-9-11)17-14-6-7-20(18,19)15-5-3-2-4-13(14)15/h2-5,8-10,14,17H,6-7H2,1H3. The molecule has 0 aliphatic carbocycles. The average Bonchev–Trinajstić information content (AvgIpc) is 2.43. The van der Waals surface area contributed by atoms with Crippen molar-refractivity contribution in [1.82, 2.24) is 4.98 Å². The first-order valence-corrected chi connectivity index (χ1v) is 8.21. The number of hydrogen-bond acceptors (Lipinski definition) is 4. The Morgan fingerprint density at radius 3 is 2.85 bits per heavy atom. The van der Waals surface area contributed by atoms with Crippen molar-refractivity contribution in [3.63, 3.8) is 0 Å². The Kier molecular flexibility index (Phi) is 3.22. The van der Waals surface area contributed by atoms with E-state index >= 15 is 0 Å². The number of nitrogens with zero attached hydrogens (tertiary/aromatic N) is 1. The Labute approximate surface area is 118 Å². The van der Waals surface area contributed by atoms with Crippen molar-refractivity contribution >= 4 is 15.5 Å². The van der Waals surface area contributed by atoms with Crippen LogP contribution in [0.25, 0.3) is 0 Å². The molecule has 0 bridgehead atoms. The summed E-state index contributed by atoms with van der Waals surface area (Å²) >= 11 is 0. The van der Waals surface area contributed by atoms with Crippen LogP contribution in [0.15, 0.2) is 47.6 Å². The first kappa shape index (κ1) is 13.1. The van der Waals surface area contributed by atoms with Gasteiger partial charge in [0.25, 0.3) is 0 Å². The first-order valence-electron chi connectivity index (χ1n) is 6.56. The van der Waals surface area contributed by atoms with Crippen molar-refractivity contribution in [2.24, 2.45) is 0 Å². The van der Waals surface area contributed by atoms with Crippen LogP contribution in [0.4, 0.5) is 5.69 Å². The van der Waals surface area contributed by atoms with Crippen LogP contribution in [0.1, 0.15) is 23.6 Å². The van der Waals surface area contributed by atoms with Gasteiger partial charge >= 0.3 is 0 Å². The van der Waals surface area contributed by atoms with Gasteiger partial charge in [-0.15, -0.1) is 0 Å². The monoisotopic (exact) mass is 288 g/mol. The molecule has 1 N–H and O–H groups in total. The zero-order valence-electron chi connectivity index (χ0n) is 11.2. The quantitative estimate of drug-likeness (QED) is 0.923. The van der Waals surface area contributed by atoms with Gasteiger partial charge in [0.15, 0.2) is 9.84 Å². The fourth-order valence-electron chi connectivity index (χ4n) is 2.58. The minimum atomic E-state index is -3.13. The number of nitrogens with one attached hydrogen (secondary N) is 1. The molecule has 0 spiro atoms. The molecule has 5 heteroatoms. The number of anilines is 1. The molecule has 4 nitrogen and oxygen atoms in total. The fraction of sp³-hybridized carbons (Fsp3) is 0.267. The minimum absolute atomic E-state index is 0.0123. The molecule has 1 unspecified atom stereocenters. The highest BCUT2D eigenvalue weighted by molar-refractivity contribution is 7.91. The van der Waals surface area contributed by atoms with Gasteiger partial charge < -0.3 is 5.32 Å². The number of fused-ring (bicyclic) bond motifs is 1. The highest BCUT2D eigenvalue weighted by Crippen LogP contribution is 2.34. The Balaban J connectivity index is 1.96. The molecule has 1 aromatic heterocycles. The molecule has 1 aliphatic rings. The molecule has 20 heavy (non-hydrogen) atoms. The van der Waals surface area contributed by atoms with E-state index in [9.17, 15) is 8.42 Å². The van der Waals surface area contributed by atoms with Gasteiger partial charge in [-0.1, -0.05) is 18.2 Å². The maximum absolute atomic E-state index is 12.1. The lowest BCUT2D eigenvalue weighted by molar-refractivity contribution is 0.576. The van der Waals surface area contributed by atoms with Crippen molar-refractivity contribution < 1.29 is 8.42 Å². The predicted molar refractivity (Wildman–Crippen MR) is 78.4 cm³/mol. The average molecular weight is 288 g/mol. The van der Waals surface area contributed by atoms with E-state index in [-0.39, 0.29) is 11.8 Å². The van der Waals surface area contributed by atoms with E-state index in [1.165, 1.54) is 0 Å². The molecule has 3 rings (SSSR count). The Hall–Kier alpha value is -1.88. The van der Waals surface area contributed by atoms with Gasteiger partial charge in [-0.3, -0.25) is 4.98 Å². The number of hydrogen-bond donors (Lipinski definition) is 1. The van der Waals surface area contributed by atoms with Crippen molar-refractivity contribution in [2.45, 2.75) is 24.3 Å². The molecule has 0 amide bonds. The van der Waals surface area contributed by atoms with Gasteiger partial charge in [0.2, 0.25) is 0 Å². The second-order valence-corrected chi connectivity index (χ2v) is 7.17. The molecule has 0 radical (unpaired) electrons. The lowest BCUT2D eigenvalue weighted by Gasteiger charge is -2.27. The number of aromatic nitrogens is 1. The molecule has 1 aromatic carbocycles. The summed E-state index contributed by atoms with van der Waals surface area (Å²) in [4.78, 5) is 4.60. The summed E-state index contributed by atoms with van der Waals surface area (Å²) < 4.78 is 24.2. The molecule has 2 heterocycles. The summed E-state index contributed by atoms with van der Waals surface area (Å²) in [7, 11) is -3.13. The SMILES string of the molecule is Cc1cncc(NC2CCS(=O)(=O)c3ccccc32)c1. The Bertz CT molecular complexity index is 741. The molecule has 1 aliphatic heterocycles. The van der Waals surface area contributed by atoms with Crippen LogP contribution in [0.2, 0.25) is 0 Å². The summed E-state index contributed by atoms with van der Waals surface area (Å²) in [5.74, 6) is 0.181. The summed E-state index contributed by atoms with van der Waals surface area (Å²) in [6, 6.07) is 9.24.